The van der Waals surface area contributed by atoms with Crippen molar-refractivity contribution in [2.75, 3.05) is 39.3 Å². The number of halogens is 1. The van der Waals surface area contributed by atoms with Gasteiger partial charge in [-0.05, 0) is 12.1 Å². The molecule has 1 aromatic rings. The highest BCUT2D eigenvalue weighted by Gasteiger charge is 2.29. The standard InChI is InChI=1S/C14H18BrNO4/c1-18-12-5-3-4-11(13(12)19-2)14(17)16-6-7-20-9-10(16)8-15/h3-5,10H,6-9H2,1-2H3. The largest absolute Gasteiger partial charge is 0.493 e. The fraction of sp³-hybridized carbons (Fsp3) is 0.500. The Balaban J connectivity index is 2.32. The van der Waals surface area contributed by atoms with Gasteiger partial charge in [-0.3, -0.25) is 4.79 Å². The summed E-state index contributed by atoms with van der Waals surface area (Å²) in [4.78, 5) is 14.5. The molecule has 0 aromatic heterocycles. The number of rotatable bonds is 4. The first-order valence-electron chi connectivity index (χ1n) is 6.38. The number of amides is 1. The molecule has 0 spiro atoms. The molecule has 1 atom stereocenters. The third-order valence-corrected chi connectivity index (χ3v) is 4.05. The number of para-hydroxylation sites is 1. The average molecular weight is 344 g/mol. The summed E-state index contributed by atoms with van der Waals surface area (Å²) in [7, 11) is 3.10. The third kappa shape index (κ3) is 2.91. The van der Waals surface area contributed by atoms with Crippen molar-refractivity contribution in [2.45, 2.75) is 6.04 Å². The molecule has 0 saturated carbocycles. The lowest BCUT2D eigenvalue weighted by Gasteiger charge is -2.35. The first-order chi connectivity index (χ1) is 9.72. The van der Waals surface area contributed by atoms with Crippen molar-refractivity contribution in [3.05, 3.63) is 23.8 Å². The lowest BCUT2D eigenvalue weighted by Crippen LogP contribution is -2.49. The van der Waals surface area contributed by atoms with E-state index in [1.807, 2.05) is 4.90 Å². The first kappa shape index (κ1) is 15.1. The highest BCUT2D eigenvalue weighted by molar-refractivity contribution is 9.09. The summed E-state index contributed by atoms with van der Waals surface area (Å²) in [5, 5.41) is 0.686. The van der Waals surface area contributed by atoms with Crippen LogP contribution in [0.15, 0.2) is 18.2 Å². The average Bonchev–Trinajstić information content (AvgIpc) is 2.53. The van der Waals surface area contributed by atoms with Crippen molar-refractivity contribution in [3.63, 3.8) is 0 Å². The van der Waals surface area contributed by atoms with Crippen molar-refractivity contribution in [1.29, 1.82) is 0 Å². The molecule has 5 nitrogen and oxygen atoms in total. The molecule has 0 aliphatic carbocycles. The van der Waals surface area contributed by atoms with Crippen LogP contribution in [0.3, 0.4) is 0 Å². The summed E-state index contributed by atoms with van der Waals surface area (Å²) in [6, 6.07) is 5.35. The number of carbonyl (C=O) groups excluding carboxylic acids is 1. The zero-order valence-electron chi connectivity index (χ0n) is 11.6. The Bertz CT molecular complexity index is 480. The van der Waals surface area contributed by atoms with E-state index in [-0.39, 0.29) is 11.9 Å². The van der Waals surface area contributed by atoms with Crippen LogP contribution in [0, 0.1) is 0 Å². The van der Waals surface area contributed by atoms with Crippen molar-refractivity contribution >= 4 is 21.8 Å². The minimum atomic E-state index is -0.0616. The minimum Gasteiger partial charge on any atom is -0.493 e. The molecule has 110 valence electrons. The number of carbonyl (C=O) groups is 1. The number of nitrogens with zero attached hydrogens (tertiary/aromatic N) is 1. The van der Waals surface area contributed by atoms with E-state index in [1.54, 1.807) is 25.3 Å². The van der Waals surface area contributed by atoms with Crippen LogP contribution in [0.5, 0.6) is 11.5 Å². The van der Waals surface area contributed by atoms with Crippen LogP contribution in [0.25, 0.3) is 0 Å². The Hall–Kier alpha value is -1.27. The maximum atomic E-state index is 12.7. The molecule has 1 heterocycles. The summed E-state index contributed by atoms with van der Waals surface area (Å²) in [6.07, 6.45) is 0. The van der Waals surface area contributed by atoms with Crippen molar-refractivity contribution in [3.8, 4) is 11.5 Å². The Labute approximate surface area is 126 Å². The van der Waals surface area contributed by atoms with Gasteiger partial charge in [-0.1, -0.05) is 22.0 Å². The Morgan fingerprint density at radius 1 is 1.45 bits per heavy atom. The van der Waals surface area contributed by atoms with E-state index >= 15 is 0 Å². The van der Waals surface area contributed by atoms with Crippen LogP contribution in [0.1, 0.15) is 10.4 Å². The predicted molar refractivity (Wildman–Crippen MR) is 79.0 cm³/mol. The van der Waals surface area contributed by atoms with Gasteiger partial charge in [0.15, 0.2) is 11.5 Å². The molecule has 1 fully saturated rings. The van der Waals surface area contributed by atoms with E-state index in [0.29, 0.717) is 42.2 Å². The van der Waals surface area contributed by atoms with Gasteiger partial charge in [0.05, 0.1) is 39.0 Å². The molecule has 0 N–H and O–H groups in total. The molecule has 1 aliphatic rings. The third-order valence-electron chi connectivity index (χ3n) is 3.30. The van der Waals surface area contributed by atoms with Gasteiger partial charge in [0.25, 0.3) is 5.91 Å². The summed E-state index contributed by atoms with van der Waals surface area (Å²) in [5.41, 5.74) is 0.514. The second-order valence-corrected chi connectivity index (χ2v) is 5.07. The highest BCUT2D eigenvalue weighted by Crippen LogP contribution is 2.32. The van der Waals surface area contributed by atoms with Gasteiger partial charge in [0, 0.05) is 11.9 Å². The van der Waals surface area contributed by atoms with E-state index < -0.39 is 0 Å². The van der Waals surface area contributed by atoms with Crippen LogP contribution in [-0.4, -0.2) is 56.2 Å². The minimum absolute atomic E-state index is 0.0344. The zero-order valence-corrected chi connectivity index (χ0v) is 13.2. The topological polar surface area (TPSA) is 48.0 Å². The molecule has 1 saturated heterocycles. The fourth-order valence-corrected chi connectivity index (χ4v) is 2.80. The van der Waals surface area contributed by atoms with Gasteiger partial charge in [0.1, 0.15) is 0 Å². The summed E-state index contributed by atoms with van der Waals surface area (Å²) >= 11 is 3.43. The molecular weight excluding hydrogens is 326 g/mol. The Morgan fingerprint density at radius 3 is 2.90 bits per heavy atom. The predicted octanol–water partition coefficient (Wildman–Crippen LogP) is 1.94. The van der Waals surface area contributed by atoms with Crippen molar-refractivity contribution in [2.24, 2.45) is 0 Å². The summed E-state index contributed by atoms with van der Waals surface area (Å²) < 4.78 is 16.0. The second-order valence-electron chi connectivity index (χ2n) is 4.42. The maximum absolute atomic E-state index is 12.7. The molecule has 1 amide bonds. The first-order valence-corrected chi connectivity index (χ1v) is 7.50. The zero-order chi connectivity index (χ0) is 14.5. The molecule has 0 bridgehead atoms. The Kier molecular flexibility index (Phi) is 5.25. The monoisotopic (exact) mass is 343 g/mol. The molecule has 20 heavy (non-hydrogen) atoms. The van der Waals surface area contributed by atoms with Gasteiger partial charge in [-0.25, -0.2) is 0 Å². The van der Waals surface area contributed by atoms with Gasteiger partial charge in [-0.2, -0.15) is 0 Å². The number of alkyl halides is 1. The van der Waals surface area contributed by atoms with E-state index in [1.165, 1.54) is 7.11 Å². The van der Waals surface area contributed by atoms with Crippen LogP contribution in [0.2, 0.25) is 0 Å². The lowest BCUT2D eigenvalue weighted by molar-refractivity contribution is 0.00507. The molecule has 1 unspecified atom stereocenters. The molecule has 0 radical (unpaired) electrons. The molecular formula is C14H18BrNO4. The van der Waals surface area contributed by atoms with Crippen LogP contribution in [0.4, 0.5) is 0 Å². The number of morpholine rings is 1. The lowest BCUT2D eigenvalue weighted by atomic mass is 10.1. The Morgan fingerprint density at radius 2 is 2.25 bits per heavy atom. The van der Waals surface area contributed by atoms with Crippen LogP contribution in [-0.2, 0) is 4.74 Å². The molecule has 1 aliphatic heterocycles. The molecule has 2 rings (SSSR count). The molecule has 1 aromatic carbocycles. The van der Waals surface area contributed by atoms with E-state index in [0.717, 1.165) is 0 Å². The highest BCUT2D eigenvalue weighted by atomic mass is 79.9. The van der Waals surface area contributed by atoms with Gasteiger partial charge < -0.3 is 19.1 Å². The normalized spacial score (nSPS) is 18.8. The number of hydrogen-bond donors (Lipinski definition) is 0. The number of benzene rings is 1. The maximum Gasteiger partial charge on any atom is 0.258 e. The van der Waals surface area contributed by atoms with Crippen LogP contribution >= 0.6 is 15.9 Å². The van der Waals surface area contributed by atoms with Gasteiger partial charge in [0.2, 0.25) is 0 Å². The number of hydrogen-bond acceptors (Lipinski definition) is 4. The number of methoxy groups -OCH3 is 2. The summed E-state index contributed by atoms with van der Waals surface area (Å²) in [6.45, 7) is 1.68. The SMILES string of the molecule is COc1cccc(C(=O)N2CCOCC2CBr)c1OC. The smallest absolute Gasteiger partial charge is 0.258 e. The van der Waals surface area contributed by atoms with Crippen molar-refractivity contribution in [1.82, 2.24) is 4.90 Å². The van der Waals surface area contributed by atoms with Crippen molar-refractivity contribution < 1.29 is 19.0 Å². The van der Waals surface area contributed by atoms with E-state index in [9.17, 15) is 4.79 Å². The second kappa shape index (κ2) is 6.95. The van der Waals surface area contributed by atoms with E-state index in [2.05, 4.69) is 15.9 Å². The quantitative estimate of drug-likeness (QED) is 0.784. The molecule has 6 heteroatoms. The van der Waals surface area contributed by atoms with Gasteiger partial charge in [-0.15, -0.1) is 0 Å². The van der Waals surface area contributed by atoms with E-state index in [4.69, 9.17) is 14.2 Å². The fourth-order valence-electron chi connectivity index (χ4n) is 2.26. The summed E-state index contributed by atoms with van der Waals surface area (Å²) in [5.74, 6) is 0.968. The number of ether oxygens (including phenoxy) is 3. The van der Waals surface area contributed by atoms with Crippen LogP contribution < -0.4 is 9.47 Å². The van der Waals surface area contributed by atoms with Gasteiger partial charge >= 0.3 is 0 Å².